The highest BCUT2D eigenvalue weighted by molar-refractivity contribution is 7.85. The number of carbonyl (C=O) groups excluding carboxylic acids is 1. The second-order valence-corrected chi connectivity index (χ2v) is 3.95. The van der Waals surface area contributed by atoms with Crippen LogP contribution >= 0.6 is 0 Å². The van der Waals surface area contributed by atoms with Gasteiger partial charge in [0.2, 0.25) is 6.29 Å². The van der Waals surface area contributed by atoms with Gasteiger partial charge >= 0.3 is 0 Å². The molecule has 1 aromatic rings. The van der Waals surface area contributed by atoms with Gasteiger partial charge in [-0.1, -0.05) is 12.1 Å². The molecule has 0 atom stereocenters. The van der Waals surface area contributed by atoms with E-state index in [-0.39, 0.29) is 10.5 Å². The maximum atomic E-state index is 10.7. The molecule has 5 heteroatoms. The third-order valence-electron chi connectivity index (χ3n) is 1.58. The van der Waals surface area contributed by atoms with Gasteiger partial charge < -0.3 is 0 Å². The van der Waals surface area contributed by atoms with Gasteiger partial charge in [0.1, 0.15) is 0 Å². The van der Waals surface area contributed by atoms with Gasteiger partial charge in [0.15, 0.2) is 0 Å². The number of hydrogen-bond donors (Lipinski definition) is 1. The molecule has 1 N–H and O–H groups in total. The Kier molecular flexibility index (Phi) is 2.49. The van der Waals surface area contributed by atoms with Crippen LogP contribution in [0.15, 0.2) is 23.1 Å². The lowest BCUT2D eigenvalue weighted by molar-refractivity contribution is 0.482. The molecule has 0 spiro atoms. The lowest BCUT2D eigenvalue weighted by atomic mass is 10.2. The van der Waals surface area contributed by atoms with Crippen molar-refractivity contribution in [2.45, 2.75) is 11.8 Å². The van der Waals surface area contributed by atoms with Gasteiger partial charge in [0.25, 0.3) is 10.1 Å². The van der Waals surface area contributed by atoms with Crippen LogP contribution in [0.25, 0.3) is 0 Å². The molecular formula is C8H7O4S. The first-order valence-corrected chi connectivity index (χ1v) is 4.85. The van der Waals surface area contributed by atoms with E-state index in [1.807, 2.05) is 0 Å². The van der Waals surface area contributed by atoms with Crippen molar-refractivity contribution in [1.82, 2.24) is 0 Å². The lowest BCUT2D eigenvalue weighted by Gasteiger charge is -2.01. The molecule has 1 radical (unpaired) electrons. The smallest absolute Gasteiger partial charge is 0.285 e. The van der Waals surface area contributed by atoms with Crippen molar-refractivity contribution < 1.29 is 17.8 Å². The highest BCUT2D eigenvalue weighted by atomic mass is 32.2. The summed E-state index contributed by atoms with van der Waals surface area (Å²) in [5.41, 5.74) is 0.486. The van der Waals surface area contributed by atoms with Crippen LogP contribution < -0.4 is 0 Å². The molecule has 0 aliphatic rings. The molecule has 69 valence electrons. The van der Waals surface area contributed by atoms with E-state index in [1.54, 1.807) is 6.29 Å². The van der Waals surface area contributed by atoms with Crippen LogP contribution in [0.2, 0.25) is 0 Å². The Labute approximate surface area is 76.0 Å². The summed E-state index contributed by atoms with van der Waals surface area (Å²) >= 11 is 0. The molecule has 0 aliphatic heterocycles. The van der Waals surface area contributed by atoms with E-state index >= 15 is 0 Å². The van der Waals surface area contributed by atoms with Crippen LogP contribution in [0.5, 0.6) is 0 Å². The summed E-state index contributed by atoms with van der Waals surface area (Å²) in [6, 6.07) is 3.94. The van der Waals surface area contributed by atoms with Gasteiger partial charge in [0.05, 0.1) is 4.90 Å². The van der Waals surface area contributed by atoms with Crippen molar-refractivity contribution in [2.75, 3.05) is 0 Å². The van der Waals surface area contributed by atoms with Gasteiger partial charge in [-0.2, -0.15) is 8.42 Å². The molecule has 1 rings (SSSR count). The van der Waals surface area contributed by atoms with Crippen LogP contribution in [-0.2, 0) is 14.9 Å². The molecule has 0 fully saturated rings. The molecule has 0 amide bonds. The van der Waals surface area contributed by atoms with Crippen LogP contribution in [0.3, 0.4) is 0 Å². The van der Waals surface area contributed by atoms with E-state index in [2.05, 4.69) is 0 Å². The molecule has 0 heterocycles. The predicted molar refractivity (Wildman–Crippen MR) is 45.8 cm³/mol. The van der Waals surface area contributed by atoms with E-state index in [1.165, 1.54) is 19.1 Å². The standard InChI is InChI=1S/C8H7O4S/c1-6-2-3-7(5-9)4-8(6)13(10,11)12/h2-4H,1H3,(H,10,11,12). The first-order chi connectivity index (χ1) is 5.95. The molecule has 0 aromatic heterocycles. The van der Waals surface area contributed by atoms with Gasteiger partial charge in [-0.15, -0.1) is 0 Å². The van der Waals surface area contributed by atoms with Gasteiger partial charge in [-0.05, 0) is 18.6 Å². The van der Waals surface area contributed by atoms with Crippen molar-refractivity contribution in [3.8, 4) is 0 Å². The minimum Gasteiger partial charge on any atom is -0.285 e. The third kappa shape index (κ3) is 2.13. The Bertz CT molecular complexity index is 433. The number of rotatable bonds is 2. The average Bonchev–Trinajstić information content (AvgIpc) is 2.03. The van der Waals surface area contributed by atoms with Crippen molar-refractivity contribution in [3.63, 3.8) is 0 Å². The maximum absolute atomic E-state index is 10.7. The molecule has 4 nitrogen and oxygen atoms in total. The summed E-state index contributed by atoms with van der Waals surface area (Å²) in [6.45, 7) is 1.53. The monoisotopic (exact) mass is 199 g/mol. The fourth-order valence-electron chi connectivity index (χ4n) is 0.941. The quantitative estimate of drug-likeness (QED) is 0.711. The highest BCUT2D eigenvalue weighted by Gasteiger charge is 2.13. The minimum absolute atomic E-state index is 0.0956. The zero-order valence-corrected chi connectivity index (χ0v) is 7.63. The second kappa shape index (κ2) is 3.27. The van der Waals surface area contributed by atoms with Gasteiger partial charge in [-0.3, -0.25) is 9.35 Å². The van der Waals surface area contributed by atoms with Crippen molar-refractivity contribution in [2.24, 2.45) is 0 Å². The van der Waals surface area contributed by atoms with E-state index in [0.29, 0.717) is 5.56 Å². The number of hydrogen-bond acceptors (Lipinski definition) is 3. The molecule has 0 aliphatic carbocycles. The van der Waals surface area contributed by atoms with Gasteiger partial charge in [0, 0.05) is 5.56 Å². The molecule has 0 saturated heterocycles. The fraction of sp³-hybridized carbons (Fsp3) is 0.125. The molecule has 13 heavy (non-hydrogen) atoms. The zero-order valence-electron chi connectivity index (χ0n) is 6.81. The third-order valence-corrected chi connectivity index (χ3v) is 2.58. The van der Waals surface area contributed by atoms with Crippen LogP contribution in [0, 0.1) is 6.92 Å². The number of benzene rings is 1. The van der Waals surface area contributed by atoms with Crippen LogP contribution in [0.1, 0.15) is 11.1 Å². The van der Waals surface area contributed by atoms with Crippen molar-refractivity contribution in [3.05, 3.63) is 29.3 Å². The Balaban J connectivity index is 3.44. The lowest BCUT2D eigenvalue weighted by Crippen LogP contribution is -2.01. The average molecular weight is 199 g/mol. The summed E-state index contributed by atoms with van der Waals surface area (Å²) < 4.78 is 30.2. The Hall–Kier alpha value is -1.20. The molecule has 0 saturated carbocycles. The minimum atomic E-state index is -4.24. The summed E-state index contributed by atoms with van der Waals surface area (Å²) in [5.74, 6) is 0. The molecule has 0 unspecified atom stereocenters. The summed E-state index contributed by atoms with van der Waals surface area (Å²) in [5, 5.41) is 0. The summed E-state index contributed by atoms with van der Waals surface area (Å²) in [6.07, 6.45) is 1.54. The highest BCUT2D eigenvalue weighted by Crippen LogP contribution is 2.15. The SMILES string of the molecule is Cc1ccc([C]=O)cc1S(=O)(=O)O. The van der Waals surface area contributed by atoms with E-state index in [9.17, 15) is 13.2 Å². The predicted octanol–water partition coefficient (Wildman–Crippen LogP) is 0.700. The Morgan fingerprint density at radius 2 is 2.00 bits per heavy atom. The topological polar surface area (TPSA) is 71.4 Å². The van der Waals surface area contributed by atoms with Crippen molar-refractivity contribution >= 4 is 16.4 Å². The summed E-state index contributed by atoms with van der Waals surface area (Å²) in [4.78, 5) is 9.94. The van der Waals surface area contributed by atoms with Crippen LogP contribution in [-0.4, -0.2) is 19.3 Å². The second-order valence-electron chi connectivity index (χ2n) is 2.56. The summed E-state index contributed by atoms with van der Waals surface area (Å²) in [7, 11) is -4.24. The van der Waals surface area contributed by atoms with Crippen LogP contribution in [0.4, 0.5) is 0 Å². The van der Waals surface area contributed by atoms with E-state index in [0.717, 1.165) is 6.07 Å². The Morgan fingerprint density at radius 3 is 2.46 bits per heavy atom. The molecular weight excluding hydrogens is 192 g/mol. The van der Waals surface area contributed by atoms with Gasteiger partial charge in [-0.25, -0.2) is 0 Å². The molecule has 1 aromatic carbocycles. The van der Waals surface area contributed by atoms with Crippen molar-refractivity contribution in [1.29, 1.82) is 0 Å². The van der Waals surface area contributed by atoms with E-state index in [4.69, 9.17) is 4.55 Å². The molecule has 0 bridgehead atoms. The number of aryl methyl sites for hydroxylation is 1. The Morgan fingerprint density at radius 1 is 1.38 bits per heavy atom. The first-order valence-electron chi connectivity index (χ1n) is 3.41. The fourth-order valence-corrected chi connectivity index (χ4v) is 1.69. The normalized spacial score (nSPS) is 11.2. The van der Waals surface area contributed by atoms with E-state index < -0.39 is 10.1 Å². The first kappa shape index (κ1) is 9.88. The maximum Gasteiger partial charge on any atom is 0.294 e. The zero-order chi connectivity index (χ0) is 10.1. The largest absolute Gasteiger partial charge is 0.294 e.